The van der Waals surface area contributed by atoms with E-state index in [1.54, 1.807) is 30.3 Å². The summed E-state index contributed by atoms with van der Waals surface area (Å²) in [6, 6.07) is 11.0. The Kier molecular flexibility index (Phi) is 9.54. The van der Waals surface area contributed by atoms with E-state index in [1.165, 1.54) is 12.1 Å². The van der Waals surface area contributed by atoms with E-state index in [1.807, 2.05) is 13.8 Å². The van der Waals surface area contributed by atoms with Crippen molar-refractivity contribution in [1.29, 1.82) is 0 Å². The van der Waals surface area contributed by atoms with Crippen molar-refractivity contribution >= 4 is 11.8 Å². The van der Waals surface area contributed by atoms with Gasteiger partial charge in [-0.15, -0.1) is 0 Å². The largest absolute Gasteiger partial charge is 0.490 e. The highest BCUT2D eigenvalue weighted by atomic mass is 19.3. The molecule has 9 heteroatoms. The molecule has 2 rings (SSSR count). The van der Waals surface area contributed by atoms with E-state index in [0.29, 0.717) is 43.2 Å². The molecule has 2 N–H and O–H groups in total. The fourth-order valence-corrected chi connectivity index (χ4v) is 2.70. The summed E-state index contributed by atoms with van der Waals surface area (Å²) < 4.78 is 39.5. The second-order valence-corrected chi connectivity index (χ2v) is 6.33. The molecule has 0 unspecified atom stereocenters. The van der Waals surface area contributed by atoms with Crippen LogP contribution < -0.4 is 24.8 Å². The van der Waals surface area contributed by atoms with Gasteiger partial charge < -0.3 is 24.8 Å². The molecule has 0 aromatic heterocycles. The smallest absolute Gasteiger partial charge is 0.387 e. The number of ether oxygens (including phenoxy) is 3. The summed E-state index contributed by atoms with van der Waals surface area (Å²) in [6.07, 6.45) is 0.505. The van der Waals surface area contributed by atoms with Crippen LogP contribution in [0.15, 0.2) is 42.5 Å². The van der Waals surface area contributed by atoms with Crippen LogP contribution in [0, 0.1) is 0 Å². The number of alkyl halides is 2. The van der Waals surface area contributed by atoms with Gasteiger partial charge in [-0.2, -0.15) is 8.78 Å². The Hall–Kier alpha value is -3.36. The topological polar surface area (TPSA) is 85.9 Å². The Morgan fingerprint density at radius 1 is 0.935 bits per heavy atom. The number of hydrogen-bond acceptors (Lipinski definition) is 5. The zero-order chi connectivity index (χ0) is 22.6. The maximum atomic E-state index is 12.3. The molecule has 31 heavy (non-hydrogen) atoms. The molecular weight excluding hydrogens is 410 g/mol. The van der Waals surface area contributed by atoms with Crippen molar-refractivity contribution in [2.75, 3.05) is 26.3 Å². The van der Waals surface area contributed by atoms with E-state index in [0.717, 1.165) is 5.56 Å². The predicted octanol–water partition coefficient (Wildman–Crippen LogP) is 3.17. The molecule has 0 heterocycles. The maximum Gasteiger partial charge on any atom is 0.387 e. The van der Waals surface area contributed by atoms with Crippen LogP contribution in [0.4, 0.5) is 8.78 Å². The van der Waals surface area contributed by atoms with Crippen LogP contribution in [-0.4, -0.2) is 44.7 Å². The molecule has 2 aromatic rings. The Balaban J connectivity index is 1.77. The lowest BCUT2D eigenvalue weighted by molar-refractivity contribution is -0.120. The molecule has 7 nitrogen and oxygen atoms in total. The van der Waals surface area contributed by atoms with Crippen molar-refractivity contribution in [3.05, 3.63) is 53.6 Å². The highest BCUT2D eigenvalue weighted by Crippen LogP contribution is 2.28. The van der Waals surface area contributed by atoms with Crippen molar-refractivity contribution in [2.45, 2.75) is 26.9 Å². The molecule has 2 amide bonds. The lowest BCUT2D eigenvalue weighted by atomic mass is 10.1. The number of carbonyl (C=O) groups excluding carboxylic acids is 2. The molecular formula is C22H26F2N2O5. The monoisotopic (exact) mass is 436 g/mol. The van der Waals surface area contributed by atoms with Crippen molar-refractivity contribution < 1.29 is 32.6 Å². The van der Waals surface area contributed by atoms with Crippen LogP contribution in [-0.2, 0) is 11.2 Å². The van der Waals surface area contributed by atoms with Gasteiger partial charge in [0.2, 0.25) is 5.91 Å². The molecule has 0 saturated heterocycles. The van der Waals surface area contributed by atoms with Gasteiger partial charge in [-0.3, -0.25) is 9.59 Å². The van der Waals surface area contributed by atoms with Crippen LogP contribution in [0.3, 0.4) is 0 Å². The summed E-state index contributed by atoms with van der Waals surface area (Å²) in [7, 11) is 0. The van der Waals surface area contributed by atoms with E-state index in [-0.39, 0.29) is 18.2 Å². The van der Waals surface area contributed by atoms with Gasteiger partial charge in [0.05, 0.1) is 19.8 Å². The third kappa shape index (κ3) is 8.12. The summed E-state index contributed by atoms with van der Waals surface area (Å²) in [5, 5.41) is 5.25. The van der Waals surface area contributed by atoms with Gasteiger partial charge in [0, 0.05) is 12.1 Å². The van der Waals surface area contributed by atoms with Crippen LogP contribution in [0.1, 0.15) is 29.8 Å². The maximum absolute atomic E-state index is 12.3. The quantitative estimate of drug-likeness (QED) is 0.534. The number of halogens is 2. The predicted molar refractivity (Wildman–Crippen MR) is 111 cm³/mol. The van der Waals surface area contributed by atoms with E-state index in [4.69, 9.17) is 9.47 Å². The zero-order valence-electron chi connectivity index (χ0n) is 17.5. The van der Waals surface area contributed by atoms with E-state index in [9.17, 15) is 18.4 Å². The van der Waals surface area contributed by atoms with Crippen LogP contribution in [0.25, 0.3) is 0 Å². The van der Waals surface area contributed by atoms with Gasteiger partial charge in [0.15, 0.2) is 11.5 Å². The number of hydrogen-bond donors (Lipinski definition) is 2. The van der Waals surface area contributed by atoms with Gasteiger partial charge in [0.25, 0.3) is 5.91 Å². The average molecular weight is 436 g/mol. The average Bonchev–Trinajstić information content (AvgIpc) is 2.74. The molecule has 0 spiro atoms. The lowest BCUT2D eigenvalue weighted by Crippen LogP contribution is -2.37. The third-order valence-electron chi connectivity index (χ3n) is 4.10. The van der Waals surface area contributed by atoms with E-state index >= 15 is 0 Å². The fourth-order valence-electron chi connectivity index (χ4n) is 2.70. The number of nitrogens with one attached hydrogen (secondary N) is 2. The number of amides is 2. The van der Waals surface area contributed by atoms with Gasteiger partial charge in [-0.1, -0.05) is 12.1 Å². The molecule has 0 fully saturated rings. The zero-order valence-corrected chi connectivity index (χ0v) is 17.5. The van der Waals surface area contributed by atoms with E-state index < -0.39 is 12.5 Å². The number of rotatable bonds is 12. The van der Waals surface area contributed by atoms with Crippen molar-refractivity contribution in [1.82, 2.24) is 10.6 Å². The summed E-state index contributed by atoms with van der Waals surface area (Å²) in [5.74, 6) is 0.335. The first-order chi connectivity index (χ1) is 14.9. The van der Waals surface area contributed by atoms with Crippen molar-refractivity contribution in [3.8, 4) is 17.2 Å². The standard InChI is InChI=1S/C22H26F2N2O5/c1-3-29-18-10-7-16(13-19(18)30-4-2)21(28)26-14-20(27)25-12-11-15-5-8-17(9-6-15)31-22(23)24/h5-10,13,22H,3-4,11-12,14H2,1-2H3,(H,25,27)(H,26,28). The first-order valence-electron chi connectivity index (χ1n) is 9.91. The summed E-state index contributed by atoms with van der Waals surface area (Å²) >= 11 is 0. The lowest BCUT2D eigenvalue weighted by Gasteiger charge is -2.12. The SMILES string of the molecule is CCOc1ccc(C(=O)NCC(=O)NCCc2ccc(OC(F)F)cc2)cc1OCC. The summed E-state index contributed by atoms with van der Waals surface area (Å²) in [5.41, 5.74) is 1.20. The van der Waals surface area contributed by atoms with Crippen molar-refractivity contribution in [3.63, 3.8) is 0 Å². The Morgan fingerprint density at radius 3 is 2.26 bits per heavy atom. The normalized spacial score (nSPS) is 10.5. The minimum Gasteiger partial charge on any atom is -0.490 e. The second kappa shape index (κ2) is 12.4. The van der Waals surface area contributed by atoms with Crippen molar-refractivity contribution in [2.24, 2.45) is 0 Å². The minimum atomic E-state index is -2.87. The van der Waals surface area contributed by atoms with Gasteiger partial charge in [-0.05, 0) is 56.2 Å². The van der Waals surface area contributed by atoms with Crippen LogP contribution >= 0.6 is 0 Å². The molecule has 2 aromatic carbocycles. The molecule has 0 aliphatic rings. The first kappa shape index (κ1) is 23.9. The Labute approximate surface area is 179 Å². The summed E-state index contributed by atoms with van der Waals surface area (Å²) in [6.45, 7) is 1.87. The minimum absolute atomic E-state index is 0.0762. The molecule has 0 radical (unpaired) electrons. The second-order valence-electron chi connectivity index (χ2n) is 6.33. The Morgan fingerprint density at radius 2 is 1.61 bits per heavy atom. The van der Waals surface area contributed by atoms with Gasteiger partial charge in [0.1, 0.15) is 5.75 Å². The highest BCUT2D eigenvalue weighted by molar-refractivity contribution is 5.97. The molecule has 168 valence electrons. The van der Waals surface area contributed by atoms with Crippen LogP contribution in [0.5, 0.6) is 17.2 Å². The highest BCUT2D eigenvalue weighted by Gasteiger charge is 2.12. The third-order valence-corrected chi connectivity index (χ3v) is 4.10. The van der Waals surface area contributed by atoms with Gasteiger partial charge in [-0.25, -0.2) is 0 Å². The van der Waals surface area contributed by atoms with Gasteiger partial charge >= 0.3 is 6.61 Å². The molecule has 0 atom stereocenters. The molecule has 0 aliphatic heterocycles. The summed E-state index contributed by atoms with van der Waals surface area (Å²) in [4.78, 5) is 24.3. The first-order valence-corrected chi connectivity index (χ1v) is 9.91. The Bertz CT molecular complexity index is 859. The molecule has 0 saturated carbocycles. The van der Waals surface area contributed by atoms with Crippen LogP contribution in [0.2, 0.25) is 0 Å². The molecule has 0 aliphatic carbocycles. The number of carbonyl (C=O) groups is 2. The fraction of sp³-hybridized carbons (Fsp3) is 0.364. The molecule has 0 bridgehead atoms. The number of benzene rings is 2. The van der Waals surface area contributed by atoms with E-state index in [2.05, 4.69) is 15.4 Å².